The minimum atomic E-state index is -4.32. The van der Waals surface area contributed by atoms with Crippen LogP contribution in [-0.4, -0.2) is 26.1 Å². The van der Waals surface area contributed by atoms with Crippen LogP contribution in [0.25, 0.3) is 0 Å². The summed E-state index contributed by atoms with van der Waals surface area (Å²) in [5.74, 6) is 0.590. The molecule has 0 aromatic heterocycles. The van der Waals surface area contributed by atoms with E-state index in [4.69, 9.17) is 0 Å². The zero-order valence-corrected chi connectivity index (χ0v) is 15.6. The Morgan fingerprint density at radius 3 is 1.86 bits per heavy atom. The van der Waals surface area contributed by atoms with Crippen LogP contribution >= 0.6 is 0 Å². The largest absolute Gasteiger partial charge is 0.416 e. The highest BCUT2D eigenvalue weighted by Gasteiger charge is 2.29. The number of nitrogens with one attached hydrogen (secondary N) is 2. The zero-order chi connectivity index (χ0) is 20.0. The molecule has 0 atom stereocenters. The average molecular weight is 388 g/mol. The van der Waals surface area contributed by atoms with Gasteiger partial charge in [0.2, 0.25) is 0 Å². The van der Waals surface area contributed by atoms with E-state index < -0.39 is 11.7 Å². The zero-order valence-electron chi connectivity index (χ0n) is 15.6. The summed E-state index contributed by atoms with van der Waals surface area (Å²) in [5.41, 5.74) is 2.42. The van der Waals surface area contributed by atoms with Gasteiger partial charge in [-0.15, -0.1) is 0 Å². The number of guanidine groups is 1. The fraction of sp³-hybridized carbons (Fsp3) is 0.286. The van der Waals surface area contributed by atoms with Gasteiger partial charge in [0, 0.05) is 38.9 Å². The Hall–Kier alpha value is -2.96. The van der Waals surface area contributed by atoms with Gasteiger partial charge >= 0.3 is 6.18 Å². The predicted molar refractivity (Wildman–Crippen MR) is 106 cm³/mol. The Bertz CT molecular complexity index is 816. The van der Waals surface area contributed by atoms with E-state index in [2.05, 4.69) is 56.9 Å². The molecule has 1 aliphatic rings. The lowest BCUT2D eigenvalue weighted by Gasteiger charge is -2.18. The first-order valence-corrected chi connectivity index (χ1v) is 9.05. The van der Waals surface area contributed by atoms with Crippen molar-refractivity contribution in [2.45, 2.75) is 19.3 Å². The van der Waals surface area contributed by atoms with Crippen LogP contribution in [0.5, 0.6) is 0 Å². The van der Waals surface area contributed by atoms with Crippen molar-refractivity contribution >= 4 is 11.6 Å². The van der Waals surface area contributed by atoms with Gasteiger partial charge < -0.3 is 15.5 Å². The molecule has 0 aliphatic carbocycles. The maximum absolute atomic E-state index is 12.6. The van der Waals surface area contributed by atoms with Gasteiger partial charge in [-0.3, -0.25) is 4.99 Å². The fourth-order valence-corrected chi connectivity index (χ4v) is 2.92. The number of halogens is 3. The van der Waals surface area contributed by atoms with E-state index in [0.29, 0.717) is 19.0 Å². The first-order chi connectivity index (χ1) is 13.5. The Morgan fingerprint density at radius 2 is 1.39 bits per heavy atom. The lowest BCUT2D eigenvalue weighted by molar-refractivity contribution is -0.137. The molecule has 0 saturated heterocycles. The summed E-state index contributed by atoms with van der Waals surface area (Å²) in [5, 5.41) is 6.32. The number of rotatable bonds is 5. The van der Waals surface area contributed by atoms with Gasteiger partial charge in [-0.05, 0) is 35.4 Å². The van der Waals surface area contributed by atoms with Crippen molar-refractivity contribution < 1.29 is 13.2 Å². The second kappa shape index (κ2) is 8.82. The molecule has 148 valence electrons. The molecule has 0 fully saturated rings. The fourth-order valence-electron chi connectivity index (χ4n) is 2.92. The first-order valence-electron chi connectivity index (χ1n) is 9.05. The molecule has 2 aromatic rings. The SMILES string of the molecule is CN=C(NCc1ccc(N2CC=CC2)cc1)NCc1ccc(C(F)(F)F)cc1. The van der Waals surface area contributed by atoms with E-state index in [9.17, 15) is 13.2 Å². The van der Waals surface area contributed by atoms with Crippen molar-refractivity contribution in [3.63, 3.8) is 0 Å². The number of hydrogen-bond donors (Lipinski definition) is 2. The van der Waals surface area contributed by atoms with Crippen LogP contribution in [0.1, 0.15) is 16.7 Å². The molecular weight excluding hydrogens is 365 g/mol. The van der Waals surface area contributed by atoms with Crippen LogP contribution in [0.3, 0.4) is 0 Å². The maximum atomic E-state index is 12.6. The minimum Gasteiger partial charge on any atom is -0.364 e. The van der Waals surface area contributed by atoms with Gasteiger partial charge in [0.1, 0.15) is 0 Å². The van der Waals surface area contributed by atoms with Crippen LogP contribution in [0.4, 0.5) is 18.9 Å². The number of alkyl halides is 3. The Morgan fingerprint density at radius 1 is 0.893 bits per heavy atom. The summed E-state index contributed by atoms with van der Waals surface area (Å²) in [7, 11) is 1.66. The molecule has 7 heteroatoms. The topological polar surface area (TPSA) is 39.7 Å². The average Bonchev–Trinajstić information content (AvgIpc) is 3.23. The standard InChI is InChI=1S/C21H23F3N4/c1-25-20(26-14-16-4-8-18(9-5-16)21(22,23)24)27-15-17-6-10-19(11-7-17)28-12-2-3-13-28/h2-11H,12-15H2,1H3,(H2,25,26,27). The predicted octanol–water partition coefficient (Wildman–Crippen LogP) is 3.95. The number of anilines is 1. The number of hydrogen-bond acceptors (Lipinski definition) is 2. The van der Waals surface area contributed by atoms with Gasteiger partial charge in [-0.1, -0.05) is 36.4 Å². The summed E-state index contributed by atoms with van der Waals surface area (Å²) in [4.78, 5) is 6.43. The molecule has 0 radical (unpaired) electrons. The van der Waals surface area contributed by atoms with Crippen LogP contribution < -0.4 is 15.5 Å². The van der Waals surface area contributed by atoms with Crippen LogP contribution in [0.2, 0.25) is 0 Å². The number of nitrogens with zero attached hydrogens (tertiary/aromatic N) is 2. The Kier molecular flexibility index (Phi) is 6.23. The third kappa shape index (κ3) is 5.28. The Balaban J connectivity index is 1.48. The normalized spacial score (nSPS) is 14.4. The van der Waals surface area contributed by atoms with E-state index in [-0.39, 0.29) is 0 Å². The molecule has 1 aliphatic heterocycles. The molecule has 2 aromatic carbocycles. The van der Waals surface area contributed by atoms with E-state index in [1.807, 2.05) is 0 Å². The summed E-state index contributed by atoms with van der Waals surface area (Å²) < 4.78 is 37.8. The third-order valence-corrected chi connectivity index (χ3v) is 4.54. The van der Waals surface area contributed by atoms with E-state index in [1.165, 1.54) is 17.8 Å². The molecule has 1 heterocycles. The van der Waals surface area contributed by atoms with Gasteiger partial charge in [0.05, 0.1) is 5.56 Å². The molecule has 2 N–H and O–H groups in total. The van der Waals surface area contributed by atoms with E-state index in [1.54, 1.807) is 7.05 Å². The summed E-state index contributed by atoms with van der Waals surface area (Å²) in [6.45, 7) is 2.88. The monoisotopic (exact) mass is 388 g/mol. The highest BCUT2D eigenvalue weighted by Crippen LogP contribution is 2.29. The lowest BCUT2D eigenvalue weighted by Crippen LogP contribution is -2.36. The molecular formula is C21H23F3N4. The highest BCUT2D eigenvalue weighted by molar-refractivity contribution is 5.79. The molecule has 4 nitrogen and oxygen atoms in total. The second-order valence-corrected chi connectivity index (χ2v) is 6.52. The van der Waals surface area contributed by atoms with Crippen LogP contribution in [0, 0.1) is 0 Å². The first kappa shape index (κ1) is 19.8. The van der Waals surface area contributed by atoms with Crippen molar-refractivity contribution in [3.8, 4) is 0 Å². The van der Waals surface area contributed by atoms with Crippen molar-refractivity contribution in [2.75, 3.05) is 25.0 Å². The number of aliphatic imine (C=N–C) groups is 1. The van der Waals surface area contributed by atoms with Gasteiger partial charge in [0.15, 0.2) is 5.96 Å². The molecule has 0 saturated carbocycles. The maximum Gasteiger partial charge on any atom is 0.416 e. The molecule has 3 rings (SSSR count). The molecule has 0 amide bonds. The summed E-state index contributed by atoms with van der Waals surface area (Å²) in [6.07, 6.45) is -0.00598. The highest BCUT2D eigenvalue weighted by atomic mass is 19.4. The molecule has 0 bridgehead atoms. The van der Waals surface area contributed by atoms with Gasteiger partial charge in [0.25, 0.3) is 0 Å². The van der Waals surface area contributed by atoms with Crippen molar-refractivity contribution in [2.24, 2.45) is 4.99 Å². The molecule has 0 unspecified atom stereocenters. The summed E-state index contributed by atoms with van der Waals surface area (Å²) >= 11 is 0. The summed E-state index contributed by atoms with van der Waals surface area (Å²) in [6, 6.07) is 13.5. The van der Waals surface area contributed by atoms with Gasteiger partial charge in [-0.2, -0.15) is 13.2 Å². The number of benzene rings is 2. The lowest BCUT2D eigenvalue weighted by atomic mass is 10.1. The van der Waals surface area contributed by atoms with E-state index in [0.717, 1.165) is 36.3 Å². The second-order valence-electron chi connectivity index (χ2n) is 6.52. The quantitative estimate of drug-likeness (QED) is 0.463. The van der Waals surface area contributed by atoms with Gasteiger partial charge in [-0.25, -0.2) is 0 Å². The third-order valence-electron chi connectivity index (χ3n) is 4.54. The Labute approximate surface area is 162 Å². The van der Waals surface area contributed by atoms with Crippen LogP contribution in [-0.2, 0) is 19.3 Å². The van der Waals surface area contributed by atoms with Crippen molar-refractivity contribution in [1.29, 1.82) is 0 Å². The molecule has 0 spiro atoms. The minimum absolute atomic E-state index is 0.388. The van der Waals surface area contributed by atoms with Crippen LogP contribution in [0.15, 0.2) is 65.7 Å². The van der Waals surface area contributed by atoms with Crippen molar-refractivity contribution in [3.05, 3.63) is 77.4 Å². The molecule has 28 heavy (non-hydrogen) atoms. The van der Waals surface area contributed by atoms with E-state index >= 15 is 0 Å². The van der Waals surface area contributed by atoms with Crippen molar-refractivity contribution in [1.82, 2.24) is 10.6 Å². The smallest absolute Gasteiger partial charge is 0.364 e.